The van der Waals surface area contributed by atoms with Crippen LogP contribution in [0.15, 0.2) is 97.1 Å². The normalized spacial score (nSPS) is 25.3. The summed E-state index contributed by atoms with van der Waals surface area (Å²) in [5, 5.41) is 0. The fourth-order valence-electron chi connectivity index (χ4n) is 7.12. The highest BCUT2D eigenvalue weighted by atomic mass is 16.5. The van der Waals surface area contributed by atoms with Gasteiger partial charge in [-0.05, 0) is 34.4 Å². The summed E-state index contributed by atoms with van der Waals surface area (Å²) < 4.78 is 6.16. The van der Waals surface area contributed by atoms with Gasteiger partial charge in [0.05, 0.1) is 17.9 Å². The van der Waals surface area contributed by atoms with E-state index in [1.807, 2.05) is 72.8 Å². The molecule has 2 bridgehead atoms. The first-order valence-electron chi connectivity index (χ1n) is 12.1. The van der Waals surface area contributed by atoms with Gasteiger partial charge in [0, 0.05) is 23.0 Å². The van der Waals surface area contributed by atoms with Gasteiger partial charge in [-0.3, -0.25) is 14.5 Å². The molecule has 2 heterocycles. The molecule has 1 fully saturated rings. The molecule has 2 atom stereocenters. The molecule has 0 unspecified atom stereocenters. The quantitative estimate of drug-likeness (QED) is 0.342. The molecule has 3 aliphatic carbocycles. The highest BCUT2D eigenvalue weighted by molar-refractivity contribution is 6.08. The van der Waals surface area contributed by atoms with E-state index >= 15 is 0 Å². The van der Waals surface area contributed by atoms with Crippen molar-refractivity contribution < 1.29 is 14.3 Å². The van der Waals surface area contributed by atoms with E-state index in [2.05, 4.69) is 24.3 Å². The number of nitrogens with zero attached hydrogens (tertiary/aromatic N) is 1. The van der Waals surface area contributed by atoms with Crippen LogP contribution in [-0.4, -0.2) is 16.7 Å². The van der Waals surface area contributed by atoms with Crippen molar-refractivity contribution in [2.24, 2.45) is 11.8 Å². The highest BCUT2D eigenvalue weighted by Gasteiger charge is 2.63. The van der Waals surface area contributed by atoms with E-state index < -0.39 is 6.04 Å². The summed E-state index contributed by atoms with van der Waals surface area (Å²) in [5.74, 6) is 0.251. The minimum Gasteiger partial charge on any atom is -0.457 e. The van der Waals surface area contributed by atoms with Gasteiger partial charge in [-0.1, -0.05) is 84.9 Å². The van der Waals surface area contributed by atoms with Crippen molar-refractivity contribution in [2.45, 2.75) is 17.9 Å². The van der Waals surface area contributed by atoms with Gasteiger partial charge in [0.15, 0.2) is 0 Å². The fraction of sp³-hybridized carbons (Fsp3) is 0.161. The van der Waals surface area contributed by atoms with Crippen LogP contribution in [0.2, 0.25) is 0 Å². The second-order valence-electron chi connectivity index (χ2n) is 9.89. The van der Waals surface area contributed by atoms with E-state index in [4.69, 9.17) is 4.74 Å². The van der Waals surface area contributed by atoms with Crippen molar-refractivity contribution in [3.05, 3.63) is 130 Å². The van der Waals surface area contributed by atoms with E-state index in [0.29, 0.717) is 11.5 Å². The summed E-state index contributed by atoms with van der Waals surface area (Å²) in [5.41, 5.74) is 6.46. The summed E-state index contributed by atoms with van der Waals surface area (Å²) in [6.45, 7) is 0. The Kier molecular flexibility index (Phi) is 3.67. The first-order chi connectivity index (χ1) is 17.2. The van der Waals surface area contributed by atoms with Gasteiger partial charge in [0.25, 0.3) is 0 Å². The number of ether oxygens (including phenoxy) is 1. The molecule has 4 aromatic rings. The average Bonchev–Trinajstić information content (AvgIpc) is 3.17. The standard InChI is InChI=1S/C31H21NO3/c33-30-27-25-17-9-1-2-10-18(17)26(20-12-4-3-11-19(20)25)28(27)31(34)32(30)29-21-13-5-7-15-23(21)35-24-16-8-6-14-22(24)29/h1-16,25-29H/t25?,26?,27-,28+. The molecule has 4 heteroatoms. The molecule has 1 saturated heterocycles. The van der Waals surface area contributed by atoms with Crippen molar-refractivity contribution in [3.8, 4) is 11.5 Å². The molecule has 0 aromatic heterocycles. The molecule has 4 nitrogen and oxygen atoms in total. The second-order valence-corrected chi connectivity index (χ2v) is 9.89. The Bertz CT molecular complexity index is 1410. The lowest BCUT2D eigenvalue weighted by atomic mass is 9.55. The Morgan fingerprint density at radius 1 is 0.486 bits per heavy atom. The van der Waals surface area contributed by atoms with Gasteiger partial charge in [-0.15, -0.1) is 0 Å². The average molecular weight is 456 g/mol. The van der Waals surface area contributed by atoms with Crippen LogP contribution in [0.1, 0.15) is 51.3 Å². The molecular formula is C31H21NO3. The SMILES string of the molecule is O=C1[C@@H]2C3c4ccccc4C(c4ccccc43)[C@@H]2C(=O)N1C1c2ccccc2Oc2ccccc21. The van der Waals surface area contributed by atoms with Crippen LogP contribution in [0, 0.1) is 11.8 Å². The van der Waals surface area contributed by atoms with E-state index in [1.165, 1.54) is 22.3 Å². The van der Waals surface area contributed by atoms with Gasteiger partial charge in [-0.2, -0.15) is 0 Å². The minimum atomic E-state index is -0.493. The molecule has 9 rings (SSSR count). The molecule has 5 aliphatic rings. The Labute approximate surface area is 202 Å². The third-order valence-corrected chi connectivity index (χ3v) is 8.39. The third-order valence-electron chi connectivity index (χ3n) is 8.39. The third kappa shape index (κ3) is 2.32. The van der Waals surface area contributed by atoms with Crippen molar-refractivity contribution >= 4 is 11.8 Å². The predicted molar refractivity (Wildman–Crippen MR) is 130 cm³/mol. The summed E-state index contributed by atoms with van der Waals surface area (Å²) in [7, 11) is 0. The number of fused-ring (bicyclic) bond motifs is 2. The number of hydrogen-bond acceptors (Lipinski definition) is 3. The largest absolute Gasteiger partial charge is 0.457 e. The van der Waals surface area contributed by atoms with Crippen LogP contribution in [-0.2, 0) is 9.59 Å². The molecule has 2 aliphatic heterocycles. The molecule has 0 spiro atoms. The number of rotatable bonds is 1. The first-order valence-corrected chi connectivity index (χ1v) is 12.1. The van der Waals surface area contributed by atoms with Gasteiger partial charge in [-0.25, -0.2) is 0 Å². The zero-order valence-corrected chi connectivity index (χ0v) is 18.8. The summed E-state index contributed by atoms with van der Waals surface area (Å²) in [4.78, 5) is 30.2. The van der Waals surface area contributed by atoms with E-state index in [0.717, 1.165) is 11.1 Å². The lowest BCUT2D eigenvalue weighted by Gasteiger charge is -2.45. The number of imide groups is 1. The zero-order chi connectivity index (χ0) is 23.3. The summed E-state index contributed by atoms with van der Waals surface area (Å²) in [6.07, 6.45) is 0. The fourth-order valence-corrected chi connectivity index (χ4v) is 7.12. The number of likely N-dealkylation sites (tertiary alicyclic amines) is 1. The Morgan fingerprint density at radius 3 is 1.23 bits per heavy atom. The molecule has 0 saturated carbocycles. The molecule has 4 aromatic carbocycles. The van der Waals surface area contributed by atoms with E-state index in [1.54, 1.807) is 4.90 Å². The zero-order valence-electron chi connectivity index (χ0n) is 18.8. The van der Waals surface area contributed by atoms with Crippen molar-refractivity contribution in [1.82, 2.24) is 4.90 Å². The highest BCUT2D eigenvalue weighted by Crippen LogP contribution is 2.62. The maximum absolute atomic E-state index is 14.3. The molecule has 168 valence electrons. The number of para-hydroxylation sites is 2. The Balaban J connectivity index is 1.34. The molecule has 35 heavy (non-hydrogen) atoms. The minimum absolute atomic E-state index is 0.0736. The molecule has 0 radical (unpaired) electrons. The monoisotopic (exact) mass is 455 g/mol. The van der Waals surface area contributed by atoms with Gasteiger partial charge in [0.1, 0.15) is 11.5 Å². The first kappa shape index (κ1) is 19.2. The smallest absolute Gasteiger partial charge is 0.234 e. The van der Waals surface area contributed by atoms with Crippen molar-refractivity contribution in [2.75, 3.05) is 0 Å². The summed E-state index contributed by atoms with van der Waals surface area (Å²) >= 11 is 0. The van der Waals surface area contributed by atoms with Gasteiger partial charge < -0.3 is 4.74 Å². The van der Waals surface area contributed by atoms with Crippen LogP contribution in [0.3, 0.4) is 0 Å². The van der Waals surface area contributed by atoms with Crippen LogP contribution >= 0.6 is 0 Å². The number of benzene rings is 4. The summed E-state index contributed by atoms with van der Waals surface area (Å²) in [6, 6.07) is 31.7. The van der Waals surface area contributed by atoms with Crippen molar-refractivity contribution in [1.29, 1.82) is 0 Å². The molecule has 0 N–H and O–H groups in total. The van der Waals surface area contributed by atoms with E-state index in [-0.39, 0.29) is 35.5 Å². The molecule has 2 amide bonds. The number of carbonyl (C=O) groups is 2. The Hall–Kier alpha value is -4.18. The van der Waals surface area contributed by atoms with Crippen molar-refractivity contribution in [3.63, 3.8) is 0 Å². The van der Waals surface area contributed by atoms with Gasteiger partial charge in [0.2, 0.25) is 11.8 Å². The maximum Gasteiger partial charge on any atom is 0.234 e. The maximum atomic E-state index is 14.3. The Morgan fingerprint density at radius 2 is 0.829 bits per heavy atom. The number of hydrogen-bond donors (Lipinski definition) is 0. The van der Waals surface area contributed by atoms with Crippen LogP contribution < -0.4 is 4.74 Å². The number of amides is 2. The van der Waals surface area contributed by atoms with Crippen LogP contribution in [0.4, 0.5) is 0 Å². The predicted octanol–water partition coefficient (Wildman–Crippen LogP) is 5.77. The van der Waals surface area contributed by atoms with Crippen LogP contribution in [0.25, 0.3) is 0 Å². The number of carbonyl (C=O) groups excluding carboxylic acids is 2. The molecular weight excluding hydrogens is 434 g/mol. The second kappa shape index (κ2) is 6.70. The lowest BCUT2D eigenvalue weighted by Crippen LogP contribution is -2.41. The lowest BCUT2D eigenvalue weighted by molar-refractivity contribution is -0.142. The topological polar surface area (TPSA) is 46.6 Å². The van der Waals surface area contributed by atoms with Crippen LogP contribution in [0.5, 0.6) is 11.5 Å². The van der Waals surface area contributed by atoms with E-state index in [9.17, 15) is 9.59 Å². The van der Waals surface area contributed by atoms with Gasteiger partial charge >= 0.3 is 0 Å².